The number of aromatic nitrogens is 2. The molecule has 1 aromatic heterocycles. The molecule has 172 valence electrons. The molecular weight excluding hydrogens is 446 g/mol. The quantitative estimate of drug-likeness (QED) is 0.441. The molecule has 1 aliphatic rings. The Hall–Kier alpha value is -3.20. The summed E-state index contributed by atoms with van der Waals surface area (Å²) in [5.74, 6) is -0.145. The second-order valence-electron chi connectivity index (χ2n) is 7.87. The molecule has 1 fully saturated rings. The highest BCUT2D eigenvalue weighted by atomic mass is 32.2. The Morgan fingerprint density at radius 2 is 1.61 bits per heavy atom. The van der Waals surface area contributed by atoms with Crippen molar-refractivity contribution in [2.45, 2.75) is 24.3 Å². The number of amides is 1. The minimum absolute atomic E-state index is 0.00633. The molecule has 1 aliphatic heterocycles. The second kappa shape index (κ2) is 10.2. The van der Waals surface area contributed by atoms with Crippen molar-refractivity contribution in [2.75, 3.05) is 31.1 Å². The number of anilines is 1. The van der Waals surface area contributed by atoms with Crippen LogP contribution in [0.2, 0.25) is 0 Å². The third-order valence-electron chi connectivity index (χ3n) is 5.64. The van der Waals surface area contributed by atoms with Crippen LogP contribution in [0.1, 0.15) is 16.8 Å². The lowest BCUT2D eigenvalue weighted by Crippen LogP contribution is -2.49. The van der Waals surface area contributed by atoms with E-state index in [4.69, 9.17) is 0 Å². The monoisotopic (exact) mass is 470 g/mol. The van der Waals surface area contributed by atoms with E-state index in [0.717, 1.165) is 11.3 Å². The summed E-state index contributed by atoms with van der Waals surface area (Å²) in [4.78, 5) is 36.5. The first kappa shape index (κ1) is 23.0. The fraction of sp³-hybridized carbons (Fsp3) is 0.292. The van der Waals surface area contributed by atoms with Gasteiger partial charge in [0.1, 0.15) is 11.6 Å². The lowest BCUT2D eigenvalue weighted by atomic mass is 10.1. The number of nitrogens with zero attached hydrogens (tertiary/aromatic N) is 3. The number of H-pyrrole nitrogens is 1. The lowest BCUT2D eigenvalue weighted by Gasteiger charge is -2.36. The minimum Gasteiger partial charge on any atom is -0.368 e. The highest BCUT2D eigenvalue weighted by Crippen LogP contribution is 2.20. The Balaban J connectivity index is 1.34. The van der Waals surface area contributed by atoms with Crippen LogP contribution in [0.15, 0.2) is 58.5 Å². The zero-order valence-corrected chi connectivity index (χ0v) is 19.0. The Morgan fingerprint density at radius 3 is 2.21 bits per heavy atom. The molecule has 6 nitrogen and oxygen atoms in total. The van der Waals surface area contributed by atoms with Crippen molar-refractivity contribution >= 4 is 23.4 Å². The van der Waals surface area contributed by atoms with E-state index in [1.807, 2.05) is 0 Å². The van der Waals surface area contributed by atoms with Gasteiger partial charge in [-0.05, 0) is 48.9 Å². The van der Waals surface area contributed by atoms with E-state index in [-0.39, 0.29) is 29.5 Å². The number of benzene rings is 2. The summed E-state index contributed by atoms with van der Waals surface area (Å²) < 4.78 is 26.2. The Kier molecular flexibility index (Phi) is 7.08. The first-order chi connectivity index (χ1) is 15.9. The number of carbonyl (C=O) groups is 1. The maximum atomic E-state index is 13.1. The topological polar surface area (TPSA) is 69.3 Å². The van der Waals surface area contributed by atoms with Gasteiger partial charge in [-0.1, -0.05) is 23.9 Å². The molecule has 0 radical (unpaired) electrons. The number of rotatable bonds is 6. The van der Waals surface area contributed by atoms with Crippen molar-refractivity contribution in [1.82, 2.24) is 14.9 Å². The minimum atomic E-state index is -0.317. The number of carbonyl (C=O) groups excluding carboxylic acids is 1. The number of hydrogen-bond acceptors (Lipinski definition) is 5. The molecule has 4 rings (SSSR count). The van der Waals surface area contributed by atoms with Gasteiger partial charge in [0.15, 0.2) is 5.16 Å². The van der Waals surface area contributed by atoms with Gasteiger partial charge in [-0.3, -0.25) is 9.59 Å². The van der Waals surface area contributed by atoms with Gasteiger partial charge in [-0.25, -0.2) is 13.8 Å². The molecule has 0 unspecified atom stereocenters. The van der Waals surface area contributed by atoms with Gasteiger partial charge < -0.3 is 14.8 Å². The van der Waals surface area contributed by atoms with E-state index in [0.29, 0.717) is 48.3 Å². The predicted octanol–water partition coefficient (Wildman–Crippen LogP) is 3.54. The summed E-state index contributed by atoms with van der Waals surface area (Å²) in [5, 5.41) is 0.464. The van der Waals surface area contributed by atoms with Crippen molar-refractivity contribution in [3.8, 4) is 0 Å². The third kappa shape index (κ3) is 5.78. The van der Waals surface area contributed by atoms with Gasteiger partial charge >= 0.3 is 0 Å². The van der Waals surface area contributed by atoms with Crippen LogP contribution in [0, 0.1) is 18.6 Å². The number of piperazine rings is 1. The number of thioether (sulfide) groups is 1. The highest BCUT2D eigenvalue weighted by Gasteiger charge is 2.23. The van der Waals surface area contributed by atoms with Gasteiger partial charge in [-0.2, -0.15) is 0 Å². The summed E-state index contributed by atoms with van der Waals surface area (Å²) in [7, 11) is 0. The van der Waals surface area contributed by atoms with Crippen LogP contribution in [0.5, 0.6) is 0 Å². The molecular formula is C24H24F2N4O2S. The van der Waals surface area contributed by atoms with Gasteiger partial charge in [0.05, 0.1) is 6.42 Å². The first-order valence-electron chi connectivity index (χ1n) is 10.6. The van der Waals surface area contributed by atoms with Gasteiger partial charge in [-0.15, -0.1) is 0 Å². The smallest absolute Gasteiger partial charge is 0.255 e. The second-order valence-corrected chi connectivity index (χ2v) is 8.84. The Labute approximate surface area is 194 Å². The standard InChI is InChI=1S/C24H24F2N4O2S/c1-16-21(23(32)28-24(27-16)33-15-17-2-4-18(25)5-3-17)14-22(31)30-12-10-29(11-13-30)20-8-6-19(26)7-9-20/h2-9H,10-15H2,1H3,(H,27,28,32). The fourth-order valence-electron chi connectivity index (χ4n) is 3.72. The van der Waals surface area contributed by atoms with Crippen LogP contribution in [-0.2, 0) is 17.0 Å². The average Bonchev–Trinajstić information content (AvgIpc) is 2.81. The molecule has 0 saturated carbocycles. The molecule has 2 heterocycles. The normalized spacial score (nSPS) is 13.9. The van der Waals surface area contributed by atoms with Crippen LogP contribution in [0.3, 0.4) is 0 Å². The van der Waals surface area contributed by atoms with Crippen LogP contribution >= 0.6 is 11.8 Å². The molecule has 1 amide bonds. The van der Waals surface area contributed by atoms with Crippen LogP contribution < -0.4 is 10.5 Å². The zero-order chi connectivity index (χ0) is 23.4. The van der Waals surface area contributed by atoms with Crippen LogP contribution in [0.4, 0.5) is 14.5 Å². The molecule has 9 heteroatoms. The summed E-state index contributed by atoms with van der Waals surface area (Å²) in [5.41, 5.74) is 2.42. The van der Waals surface area contributed by atoms with Crippen molar-refractivity contribution in [3.63, 3.8) is 0 Å². The van der Waals surface area contributed by atoms with Crippen LogP contribution in [0.25, 0.3) is 0 Å². The summed E-state index contributed by atoms with van der Waals surface area (Å²) >= 11 is 1.35. The number of aromatic amines is 1. The Morgan fingerprint density at radius 1 is 1.00 bits per heavy atom. The molecule has 0 atom stereocenters. The molecule has 0 spiro atoms. The number of halogens is 2. The van der Waals surface area contributed by atoms with Gasteiger partial charge in [0.25, 0.3) is 5.56 Å². The summed E-state index contributed by atoms with van der Waals surface area (Å²) in [6.45, 7) is 4.08. The number of hydrogen-bond donors (Lipinski definition) is 1. The molecule has 3 aromatic rings. The van der Waals surface area contributed by atoms with Gasteiger partial charge in [0.2, 0.25) is 5.91 Å². The summed E-state index contributed by atoms with van der Waals surface area (Å²) in [6.07, 6.45) is -0.00633. The maximum Gasteiger partial charge on any atom is 0.255 e. The van der Waals surface area contributed by atoms with Gasteiger partial charge in [0, 0.05) is 48.9 Å². The maximum absolute atomic E-state index is 13.1. The van der Waals surface area contributed by atoms with Crippen molar-refractivity contribution in [1.29, 1.82) is 0 Å². The molecule has 1 N–H and O–H groups in total. The van der Waals surface area contributed by atoms with E-state index >= 15 is 0 Å². The van der Waals surface area contributed by atoms with Crippen molar-refractivity contribution in [2.24, 2.45) is 0 Å². The molecule has 33 heavy (non-hydrogen) atoms. The van der Waals surface area contributed by atoms with E-state index in [9.17, 15) is 18.4 Å². The number of nitrogens with one attached hydrogen (secondary N) is 1. The van der Waals surface area contributed by atoms with Crippen molar-refractivity contribution < 1.29 is 13.6 Å². The zero-order valence-electron chi connectivity index (χ0n) is 18.2. The summed E-state index contributed by atoms with van der Waals surface area (Å²) in [6, 6.07) is 12.5. The first-order valence-corrected chi connectivity index (χ1v) is 11.6. The predicted molar refractivity (Wildman–Crippen MR) is 124 cm³/mol. The van der Waals surface area contributed by atoms with Crippen molar-refractivity contribution in [3.05, 3.63) is 87.3 Å². The van der Waals surface area contributed by atoms with E-state index in [1.165, 1.54) is 36.0 Å². The SMILES string of the molecule is Cc1nc(SCc2ccc(F)cc2)[nH]c(=O)c1CC(=O)N1CCN(c2ccc(F)cc2)CC1. The van der Waals surface area contributed by atoms with E-state index < -0.39 is 0 Å². The Bertz CT molecular complexity index is 1170. The molecule has 2 aromatic carbocycles. The molecule has 1 saturated heterocycles. The molecule has 0 bridgehead atoms. The van der Waals surface area contributed by atoms with E-state index in [1.54, 1.807) is 36.1 Å². The number of aryl methyl sites for hydroxylation is 1. The third-order valence-corrected chi connectivity index (χ3v) is 6.59. The van der Waals surface area contributed by atoms with E-state index in [2.05, 4.69) is 14.9 Å². The largest absolute Gasteiger partial charge is 0.368 e. The average molecular weight is 471 g/mol. The lowest BCUT2D eigenvalue weighted by molar-refractivity contribution is -0.130. The van der Waals surface area contributed by atoms with Crippen LogP contribution in [-0.4, -0.2) is 47.0 Å². The fourth-order valence-corrected chi connectivity index (χ4v) is 4.58. The molecule has 0 aliphatic carbocycles. The highest BCUT2D eigenvalue weighted by molar-refractivity contribution is 7.98.